The Bertz CT molecular complexity index is 675. The molecule has 2 aromatic rings. The van der Waals surface area contributed by atoms with Crippen molar-refractivity contribution < 1.29 is 8.42 Å². The fraction of sp³-hybridized carbons (Fsp3) is 0.214. The van der Waals surface area contributed by atoms with Crippen LogP contribution in [0.25, 0.3) is 0 Å². The third-order valence-corrected chi connectivity index (χ3v) is 5.34. The van der Waals surface area contributed by atoms with Crippen LogP contribution in [0.5, 0.6) is 0 Å². The molecule has 0 aliphatic heterocycles. The molecule has 0 unspecified atom stereocenters. The zero-order valence-corrected chi connectivity index (χ0v) is 12.6. The maximum absolute atomic E-state index is 12.6. The Balaban J connectivity index is 2.34. The molecule has 1 aromatic carbocycles. The molecular weight excluding hydrogens is 296 g/mol. The minimum atomic E-state index is -3.60. The highest BCUT2D eigenvalue weighted by Gasteiger charge is 2.25. The first-order valence-corrected chi connectivity index (χ1v) is 8.01. The Morgan fingerprint density at radius 3 is 2.40 bits per heavy atom. The molecule has 0 saturated heterocycles. The molecule has 0 N–H and O–H groups in total. The van der Waals surface area contributed by atoms with Crippen LogP contribution in [-0.2, 0) is 16.6 Å². The van der Waals surface area contributed by atoms with E-state index < -0.39 is 10.0 Å². The fourth-order valence-electron chi connectivity index (χ4n) is 1.85. The molecule has 0 saturated carbocycles. The zero-order chi connectivity index (χ0) is 14.6. The maximum Gasteiger partial charge on any atom is 0.244 e. The van der Waals surface area contributed by atoms with E-state index in [0.717, 1.165) is 5.56 Å². The van der Waals surface area contributed by atoms with Crippen molar-refractivity contribution in [2.75, 3.05) is 6.54 Å². The van der Waals surface area contributed by atoms with E-state index in [-0.39, 0.29) is 9.92 Å². The summed E-state index contributed by atoms with van der Waals surface area (Å²) in [6.07, 6.45) is 3.29. The lowest BCUT2D eigenvalue weighted by molar-refractivity contribution is 0.423. The normalized spacial score (nSPS) is 11.8. The summed E-state index contributed by atoms with van der Waals surface area (Å²) < 4.78 is 26.6. The number of pyridine rings is 1. The van der Waals surface area contributed by atoms with Gasteiger partial charge >= 0.3 is 0 Å². The fourth-order valence-corrected chi connectivity index (χ4v) is 3.78. The average Bonchev–Trinajstić information content (AvgIpc) is 2.46. The molecule has 0 amide bonds. The van der Waals surface area contributed by atoms with Crippen LogP contribution in [0.15, 0.2) is 53.7 Å². The number of aromatic nitrogens is 1. The monoisotopic (exact) mass is 310 g/mol. The first-order chi connectivity index (χ1) is 9.55. The predicted molar refractivity (Wildman–Crippen MR) is 79.0 cm³/mol. The van der Waals surface area contributed by atoms with E-state index in [1.807, 2.05) is 0 Å². The highest BCUT2D eigenvalue weighted by Crippen LogP contribution is 2.25. The van der Waals surface area contributed by atoms with E-state index in [0.29, 0.717) is 13.1 Å². The number of sulfonamides is 1. The Labute approximate surface area is 124 Å². The number of benzene rings is 1. The first kappa shape index (κ1) is 15.0. The smallest absolute Gasteiger partial charge is 0.244 e. The van der Waals surface area contributed by atoms with Gasteiger partial charge in [0.1, 0.15) is 4.90 Å². The standard InChI is InChI=1S/C14H15ClN2O2S/c1-2-17(11-12-7-9-16-10-8-12)20(18,19)14-6-4-3-5-13(14)15/h3-10H,2,11H2,1H3. The van der Waals surface area contributed by atoms with Crippen molar-refractivity contribution >= 4 is 21.6 Å². The number of hydrogen-bond donors (Lipinski definition) is 0. The molecule has 1 aromatic heterocycles. The molecule has 0 spiro atoms. The quantitative estimate of drug-likeness (QED) is 0.853. The molecule has 2 rings (SSSR count). The van der Waals surface area contributed by atoms with E-state index in [2.05, 4.69) is 4.98 Å². The average molecular weight is 311 g/mol. The second-order valence-electron chi connectivity index (χ2n) is 4.22. The van der Waals surface area contributed by atoms with Gasteiger partial charge in [-0.3, -0.25) is 4.98 Å². The molecule has 0 aliphatic carbocycles. The van der Waals surface area contributed by atoms with Crippen molar-refractivity contribution in [3.63, 3.8) is 0 Å². The zero-order valence-electron chi connectivity index (χ0n) is 11.0. The minimum absolute atomic E-state index is 0.137. The van der Waals surface area contributed by atoms with Gasteiger partial charge in [0.15, 0.2) is 0 Å². The van der Waals surface area contributed by atoms with Gasteiger partial charge in [-0.1, -0.05) is 30.7 Å². The summed E-state index contributed by atoms with van der Waals surface area (Å²) >= 11 is 6.00. The lowest BCUT2D eigenvalue weighted by Crippen LogP contribution is -2.30. The Morgan fingerprint density at radius 1 is 1.15 bits per heavy atom. The SMILES string of the molecule is CCN(Cc1ccncc1)S(=O)(=O)c1ccccc1Cl. The van der Waals surface area contributed by atoms with Crippen molar-refractivity contribution in [1.82, 2.24) is 9.29 Å². The summed E-state index contributed by atoms with van der Waals surface area (Å²) in [6, 6.07) is 10.1. The van der Waals surface area contributed by atoms with E-state index in [4.69, 9.17) is 11.6 Å². The Hall–Kier alpha value is -1.43. The van der Waals surface area contributed by atoms with E-state index >= 15 is 0 Å². The van der Waals surface area contributed by atoms with Crippen molar-refractivity contribution in [2.45, 2.75) is 18.4 Å². The molecule has 1 heterocycles. The molecule has 0 fully saturated rings. The lowest BCUT2D eigenvalue weighted by Gasteiger charge is -2.21. The first-order valence-electron chi connectivity index (χ1n) is 6.19. The highest BCUT2D eigenvalue weighted by atomic mass is 35.5. The topological polar surface area (TPSA) is 50.3 Å². The molecule has 4 nitrogen and oxygen atoms in total. The number of rotatable bonds is 5. The Morgan fingerprint density at radius 2 is 1.80 bits per heavy atom. The summed E-state index contributed by atoms with van der Waals surface area (Å²) in [4.78, 5) is 4.06. The van der Waals surface area contributed by atoms with E-state index in [1.165, 1.54) is 10.4 Å². The number of nitrogens with zero attached hydrogens (tertiary/aromatic N) is 2. The third-order valence-electron chi connectivity index (χ3n) is 2.92. The van der Waals surface area contributed by atoms with Gasteiger partial charge in [0.05, 0.1) is 5.02 Å². The number of halogens is 1. The van der Waals surface area contributed by atoms with Crippen molar-refractivity contribution in [3.05, 3.63) is 59.4 Å². The van der Waals surface area contributed by atoms with E-state index in [1.54, 1.807) is 49.6 Å². The molecule has 0 radical (unpaired) electrons. The minimum Gasteiger partial charge on any atom is -0.265 e. The van der Waals surface area contributed by atoms with Gasteiger partial charge < -0.3 is 0 Å². The van der Waals surface area contributed by atoms with Gasteiger partial charge in [-0.15, -0.1) is 0 Å². The molecule has 106 valence electrons. The molecule has 6 heteroatoms. The van der Waals surface area contributed by atoms with Crippen molar-refractivity contribution in [2.24, 2.45) is 0 Å². The summed E-state index contributed by atoms with van der Waals surface area (Å²) in [5.74, 6) is 0. The van der Waals surface area contributed by atoms with Crippen LogP contribution in [-0.4, -0.2) is 24.3 Å². The van der Waals surface area contributed by atoms with E-state index in [9.17, 15) is 8.42 Å². The van der Waals surface area contributed by atoms with Crippen molar-refractivity contribution in [3.8, 4) is 0 Å². The molecule has 0 atom stereocenters. The van der Waals surface area contributed by atoms with Crippen molar-refractivity contribution in [1.29, 1.82) is 0 Å². The van der Waals surface area contributed by atoms with Gasteiger partial charge in [0, 0.05) is 25.5 Å². The van der Waals surface area contributed by atoms with Crippen LogP contribution in [0.3, 0.4) is 0 Å². The summed E-state index contributed by atoms with van der Waals surface area (Å²) in [7, 11) is -3.60. The molecule has 20 heavy (non-hydrogen) atoms. The van der Waals surface area contributed by atoms with Crippen LogP contribution in [0.2, 0.25) is 5.02 Å². The van der Waals surface area contributed by atoms with Gasteiger partial charge in [0.25, 0.3) is 0 Å². The summed E-state index contributed by atoms with van der Waals surface area (Å²) in [5, 5.41) is 0.237. The number of hydrogen-bond acceptors (Lipinski definition) is 3. The third kappa shape index (κ3) is 3.17. The van der Waals surface area contributed by atoms with Gasteiger partial charge in [-0.05, 0) is 29.8 Å². The van der Waals surface area contributed by atoms with Crippen LogP contribution < -0.4 is 0 Å². The second-order valence-corrected chi connectivity index (χ2v) is 6.53. The van der Waals surface area contributed by atoms with Crippen LogP contribution in [0.1, 0.15) is 12.5 Å². The second kappa shape index (κ2) is 6.35. The maximum atomic E-state index is 12.6. The van der Waals surface area contributed by atoms with Crippen LogP contribution >= 0.6 is 11.6 Å². The summed E-state index contributed by atoms with van der Waals surface area (Å²) in [5.41, 5.74) is 0.887. The van der Waals surface area contributed by atoms with Gasteiger partial charge in [-0.2, -0.15) is 4.31 Å². The van der Waals surface area contributed by atoms with Gasteiger partial charge in [0.2, 0.25) is 10.0 Å². The van der Waals surface area contributed by atoms with Crippen LogP contribution in [0.4, 0.5) is 0 Å². The molecular formula is C14H15ClN2O2S. The largest absolute Gasteiger partial charge is 0.265 e. The van der Waals surface area contributed by atoms with Crippen LogP contribution in [0, 0.1) is 0 Å². The predicted octanol–water partition coefficient (Wildman–Crippen LogP) is 2.95. The molecule has 0 bridgehead atoms. The van der Waals surface area contributed by atoms with Gasteiger partial charge in [-0.25, -0.2) is 8.42 Å². The summed E-state index contributed by atoms with van der Waals surface area (Å²) in [6.45, 7) is 2.47. The highest BCUT2D eigenvalue weighted by molar-refractivity contribution is 7.89. The lowest BCUT2D eigenvalue weighted by atomic mass is 10.3. The Kier molecular flexibility index (Phi) is 4.75. The molecule has 0 aliphatic rings.